The molecule has 2 aliphatic heterocycles. The van der Waals surface area contributed by atoms with E-state index in [0.717, 1.165) is 31.1 Å². The Hall–Kier alpha value is -0.120. The fourth-order valence-electron chi connectivity index (χ4n) is 4.10. The Kier molecular flexibility index (Phi) is 5.23. The highest BCUT2D eigenvalue weighted by molar-refractivity contribution is 4.92. The first-order valence-electron chi connectivity index (χ1n) is 9.20. The molecule has 3 heteroatoms. The minimum atomic E-state index is 0.389. The predicted octanol–water partition coefficient (Wildman–Crippen LogP) is 2.90. The summed E-state index contributed by atoms with van der Waals surface area (Å²) in [4.78, 5) is 2.74. The van der Waals surface area contributed by atoms with Crippen molar-refractivity contribution in [3.8, 4) is 0 Å². The van der Waals surface area contributed by atoms with Crippen molar-refractivity contribution in [2.75, 3.05) is 39.4 Å². The van der Waals surface area contributed by atoms with E-state index in [0.29, 0.717) is 5.41 Å². The van der Waals surface area contributed by atoms with Crippen molar-refractivity contribution < 1.29 is 4.74 Å². The molecule has 1 aliphatic carbocycles. The maximum absolute atomic E-state index is 5.78. The summed E-state index contributed by atoms with van der Waals surface area (Å²) >= 11 is 0. The Morgan fingerprint density at radius 3 is 2.71 bits per heavy atom. The Balaban J connectivity index is 1.52. The van der Waals surface area contributed by atoms with Crippen LogP contribution >= 0.6 is 0 Å². The third-order valence-corrected chi connectivity index (χ3v) is 5.90. The van der Waals surface area contributed by atoms with E-state index in [1.54, 1.807) is 0 Å². The van der Waals surface area contributed by atoms with Crippen LogP contribution < -0.4 is 5.32 Å². The molecule has 21 heavy (non-hydrogen) atoms. The van der Waals surface area contributed by atoms with Crippen LogP contribution in [0.15, 0.2) is 0 Å². The predicted molar refractivity (Wildman–Crippen MR) is 87.5 cm³/mol. The lowest BCUT2D eigenvalue weighted by Gasteiger charge is -2.34. The zero-order chi connectivity index (χ0) is 14.7. The van der Waals surface area contributed by atoms with Crippen LogP contribution in [0.3, 0.4) is 0 Å². The van der Waals surface area contributed by atoms with E-state index in [1.807, 2.05) is 0 Å². The molecule has 2 heterocycles. The highest BCUT2D eigenvalue weighted by atomic mass is 16.5. The van der Waals surface area contributed by atoms with E-state index < -0.39 is 0 Å². The van der Waals surface area contributed by atoms with Crippen molar-refractivity contribution in [3.05, 3.63) is 0 Å². The molecule has 0 aromatic heterocycles. The number of nitrogens with one attached hydrogen (secondary N) is 1. The van der Waals surface area contributed by atoms with E-state index in [4.69, 9.17) is 4.74 Å². The second-order valence-corrected chi connectivity index (χ2v) is 8.17. The summed E-state index contributed by atoms with van der Waals surface area (Å²) in [7, 11) is 0. The van der Waals surface area contributed by atoms with E-state index >= 15 is 0 Å². The third-order valence-electron chi connectivity index (χ3n) is 5.90. The fourth-order valence-corrected chi connectivity index (χ4v) is 4.10. The summed E-state index contributed by atoms with van der Waals surface area (Å²) in [5, 5.41) is 3.76. The van der Waals surface area contributed by atoms with Gasteiger partial charge in [0.1, 0.15) is 0 Å². The normalized spacial score (nSPS) is 35.3. The molecule has 122 valence electrons. The lowest BCUT2D eigenvalue weighted by molar-refractivity contribution is 0.108. The molecule has 0 bridgehead atoms. The number of hydrogen-bond acceptors (Lipinski definition) is 3. The molecule has 0 aromatic carbocycles. The zero-order valence-corrected chi connectivity index (χ0v) is 14.1. The van der Waals surface area contributed by atoms with Gasteiger partial charge in [0, 0.05) is 31.2 Å². The third kappa shape index (κ3) is 4.43. The molecule has 3 fully saturated rings. The lowest BCUT2D eigenvalue weighted by atomic mass is 9.86. The van der Waals surface area contributed by atoms with Crippen LogP contribution in [0.2, 0.25) is 0 Å². The molecule has 2 atom stereocenters. The van der Waals surface area contributed by atoms with E-state index in [9.17, 15) is 0 Å². The van der Waals surface area contributed by atoms with E-state index in [1.165, 1.54) is 64.7 Å². The van der Waals surface area contributed by atoms with Crippen molar-refractivity contribution in [1.29, 1.82) is 0 Å². The summed E-state index contributed by atoms with van der Waals surface area (Å²) in [6.45, 7) is 11.7. The number of hydrogen-bond donors (Lipinski definition) is 1. The Morgan fingerprint density at radius 1 is 1.19 bits per heavy atom. The first kappa shape index (κ1) is 15.8. The van der Waals surface area contributed by atoms with Crippen molar-refractivity contribution in [1.82, 2.24) is 10.2 Å². The minimum absolute atomic E-state index is 0.389. The van der Waals surface area contributed by atoms with Crippen LogP contribution in [0, 0.1) is 17.3 Å². The second kappa shape index (κ2) is 6.97. The van der Waals surface area contributed by atoms with Gasteiger partial charge in [-0.2, -0.15) is 0 Å². The van der Waals surface area contributed by atoms with Crippen molar-refractivity contribution in [2.45, 2.75) is 58.4 Å². The molecular formula is C18H34N2O. The fraction of sp³-hybridized carbons (Fsp3) is 1.00. The average Bonchev–Trinajstić information content (AvgIpc) is 3.22. The molecule has 0 aromatic rings. The highest BCUT2D eigenvalue weighted by Gasteiger charge is 2.38. The molecule has 3 rings (SSSR count). The smallest absolute Gasteiger partial charge is 0.0547 e. The SMILES string of the molecule is CC(C)C1CCCN(CC2(CNC3CC3)CCOC2)CC1. The van der Waals surface area contributed by atoms with Crippen molar-refractivity contribution in [2.24, 2.45) is 17.3 Å². The van der Waals surface area contributed by atoms with Crippen LogP contribution in [0.4, 0.5) is 0 Å². The molecule has 3 nitrogen and oxygen atoms in total. The Morgan fingerprint density at radius 2 is 2.05 bits per heavy atom. The summed E-state index contributed by atoms with van der Waals surface area (Å²) in [5.74, 6) is 1.79. The van der Waals surface area contributed by atoms with Crippen LogP contribution in [0.25, 0.3) is 0 Å². The molecule has 1 saturated carbocycles. The first-order valence-corrected chi connectivity index (χ1v) is 9.20. The monoisotopic (exact) mass is 294 g/mol. The van der Waals surface area contributed by atoms with Gasteiger partial charge in [-0.1, -0.05) is 13.8 Å². The maximum Gasteiger partial charge on any atom is 0.0547 e. The molecule has 2 saturated heterocycles. The molecule has 0 spiro atoms. The van der Waals surface area contributed by atoms with Crippen LogP contribution in [-0.4, -0.2) is 50.3 Å². The molecule has 1 N–H and O–H groups in total. The van der Waals surface area contributed by atoms with Gasteiger partial charge < -0.3 is 15.0 Å². The summed E-state index contributed by atoms with van der Waals surface area (Å²) < 4.78 is 5.78. The zero-order valence-electron chi connectivity index (χ0n) is 14.1. The molecule has 0 radical (unpaired) electrons. The van der Waals surface area contributed by atoms with Gasteiger partial charge in [0.05, 0.1) is 6.61 Å². The van der Waals surface area contributed by atoms with E-state index in [-0.39, 0.29) is 0 Å². The number of ether oxygens (including phenoxy) is 1. The van der Waals surface area contributed by atoms with Crippen molar-refractivity contribution in [3.63, 3.8) is 0 Å². The highest BCUT2D eigenvalue weighted by Crippen LogP contribution is 2.32. The van der Waals surface area contributed by atoms with Gasteiger partial charge in [-0.3, -0.25) is 0 Å². The van der Waals surface area contributed by atoms with E-state index in [2.05, 4.69) is 24.1 Å². The molecule has 0 amide bonds. The van der Waals surface area contributed by atoms with Crippen molar-refractivity contribution >= 4 is 0 Å². The first-order chi connectivity index (χ1) is 10.2. The van der Waals surface area contributed by atoms with Crippen LogP contribution in [-0.2, 0) is 4.74 Å². The van der Waals surface area contributed by atoms with Crippen LogP contribution in [0.1, 0.15) is 52.4 Å². The topological polar surface area (TPSA) is 24.5 Å². The average molecular weight is 294 g/mol. The summed E-state index contributed by atoms with van der Waals surface area (Å²) in [6.07, 6.45) is 8.22. The standard InChI is InChI=1S/C18H34N2O/c1-15(2)16-4-3-9-20(10-7-16)13-18(8-11-21-14-18)12-19-17-5-6-17/h15-17,19H,3-14H2,1-2H3. The maximum atomic E-state index is 5.78. The van der Waals surface area contributed by atoms with Gasteiger partial charge in [-0.15, -0.1) is 0 Å². The molecular weight excluding hydrogens is 260 g/mol. The van der Waals surface area contributed by atoms with Gasteiger partial charge in [0.15, 0.2) is 0 Å². The van der Waals surface area contributed by atoms with Gasteiger partial charge in [0.2, 0.25) is 0 Å². The van der Waals surface area contributed by atoms with Crippen LogP contribution in [0.5, 0.6) is 0 Å². The summed E-state index contributed by atoms with van der Waals surface area (Å²) in [5.41, 5.74) is 0.389. The minimum Gasteiger partial charge on any atom is -0.381 e. The number of likely N-dealkylation sites (tertiary alicyclic amines) is 1. The largest absolute Gasteiger partial charge is 0.381 e. The molecule has 2 unspecified atom stereocenters. The van der Waals surface area contributed by atoms with Gasteiger partial charge >= 0.3 is 0 Å². The van der Waals surface area contributed by atoms with Gasteiger partial charge in [-0.05, 0) is 63.5 Å². The Labute approximate surface area is 130 Å². The second-order valence-electron chi connectivity index (χ2n) is 8.17. The Bertz CT molecular complexity index is 321. The van der Waals surface area contributed by atoms with Gasteiger partial charge in [-0.25, -0.2) is 0 Å². The number of rotatable bonds is 6. The number of nitrogens with zero attached hydrogens (tertiary/aromatic N) is 1. The lowest BCUT2D eigenvalue weighted by Crippen LogP contribution is -2.45. The van der Waals surface area contributed by atoms with Gasteiger partial charge in [0.25, 0.3) is 0 Å². The summed E-state index contributed by atoms with van der Waals surface area (Å²) in [6, 6.07) is 0.817. The quantitative estimate of drug-likeness (QED) is 0.815. The molecule has 3 aliphatic rings.